The van der Waals surface area contributed by atoms with Crippen molar-refractivity contribution in [3.05, 3.63) is 0 Å². The van der Waals surface area contributed by atoms with Crippen molar-refractivity contribution in [2.75, 3.05) is 0 Å². The van der Waals surface area contributed by atoms with Crippen LogP contribution >= 0.6 is 0 Å². The zero-order valence-corrected chi connectivity index (χ0v) is 10.7. The SMILES string of the molecule is CCCCCC(O)CC(O)C(F)(F)C(F)(F)C(F)(F)F. The Bertz CT molecular complexity index is 291. The molecule has 0 spiro atoms. The number of halogens is 7. The predicted octanol–water partition coefficient (Wildman–Crippen LogP) is 3.51. The zero-order chi connectivity index (χ0) is 16.2. The summed E-state index contributed by atoms with van der Waals surface area (Å²) >= 11 is 0. The minimum absolute atomic E-state index is 0.0570. The Morgan fingerprint density at radius 3 is 1.80 bits per heavy atom. The average molecular weight is 314 g/mol. The van der Waals surface area contributed by atoms with Crippen LogP contribution in [0, 0.1) is 0 Å². The summed E-state index contributed by atoms with van der Waals surface area (Å²) in [6.07, 6.45) is -10.8. The van der Waals surface area contributed by atoms with E-state index in [0.717, 1.165) is 6.42 Å². The van der Waals surface area contributed by atoms with Gasteiger partial charge < -0.3 is 10.2 Å². The number of hydrogen-bond donors (Lipinski definition) is 2. The van der Waals surface area contributed by atoms with Gasteiger partial charge in [0.25, 0.3) is 0 Å². The first-order valence-electron chi connectivity index (χ1n) is 6.06. The van der Waals surface area contributed by atoms with Crippen LogP contribution in [0.1, 0.15) is 39.0 Å². The molecule has 0 aromatic rings. The van der Waals surface area contributed by atoms with Gasteiger partial charge in [-0.3, -0.25) is 0 Å². The number of aliphatic hydroxyl groups is 2. The highest BCUT2D eigenvalue weighted by atomic mass is 19.4. The van der Waals surface area contributed by atoms with Crippen LogP contribution in [0.4, 0.5) is 30.7 Å². The molecule has 0 saturated heterocycles. The van der Waals surface area contributed by atoms with Crippen molar-refractivity contribution in [3.8, 4) is 0 Å². The van der Waals surface area contributed by atoms with Crippen molar-refractivity contribution in [2.45, 2.75) is 69.3 Å². The smallest absolute Gasteiger partial charge is 0.393 e. The molecule has 0 rings (SSSR count). The highest BCUT2D eigenvalue weighted by Crippen LogP contribution is 2.48. The lowest BCUT2D eigenvalue weighted by Gasteiger charge is -2.32. The molecular formula is C11H17F7O2. The van der Waals surface area contributed by atoms with E-state index >= 15 is 0 Å². The first-order valence-corrected chi connectivity index (χ1v) is 6.06. The van der Waals surface area contributed by atoms with E-state index in [-0.39, 0.29) is 6.42 Å². The molecule has 0 bridgehead atoms. The lowest BCUT2D eigenvalue weighted by Crippen LogP contribution is -2.58. The molecule has 2 N–H and O–H groups in total. The molecule has 0 fully saturated rings. The van der Waals surface area contributed by atoms with E-state index in [0.29, 0.717) is 12.8 Å². The van der Waals surface area contributed by atoms with Crippen molar-refractivity contribution in [1.82, 2.24) is 0 Å². The number of rotatable bonds is 8. The number of unbranched alkanes of at least 4 members (excludes halogenated alkanes) is 2. The van der Waals surface area contributed by atoms with Gasteiger partial charge in [-0.05, 0) is 6.42 Å². The van der Waals surface area contributed by atoms with Crippen molar-refractivity contribution < 1.29 is 40.9 Å². The summed E-state index contributed by atoms with van der Waals surface area (Å²) in [5.41, 5.74) is 0. The number of aliphatic hydroxyl groups excluding tert-OH is 2. The molecule has 0 aliphatic carbocycles. The summed E-state index contributed by atoms with van der Waals surface area (Å²) in [4.78, 5) is 0. The molecule has 0 aromatic heterocycles. The maximum atomic E-state index is 13.0. The topological polar surface area (TPSA) is 40.5 Å². The van der Waals surface area contributed by atoms with Crippen LogP contribution in [0.5, 0.6) is 0 Å². The van der Waals surface area contributed by atoms with E-state index in [1.54, 1.807) is 0 Å². The normalized spacial score (nSPS) is 17.1. The first-order chi connectivity index (χ1) is 8.88. The lowest BCUT2D eigenvalue weighted by molar-refractivity contribution is -0.372. The van der Waals surface area contributed by atoms with Gasteiger partial charge in [0.2, 0.25) is 0 Å². The Kier molecular flexibility index (Phi) is 6.73. The fraction of sp³-hybridized carbons (Fsp3) is 1.00. The largest absolute Gasteiger partial charge is 0.459 e. The van der Waals surface area contributed by atoms with Gasteiger partial charge in [-0.2, -0.15) is 30.7 Å². The van der Waals surface area contributed by atoms with Crippen molar-refractivity contribution >= 4 is 0 Å². The minimum atomic E-state index is -6.48. The molecule has 2 unspecified atom stereocenters. The summed E-state index contributed by atoms with van der Waals surface area (Å²) in [6.45, 7) is 1.82. The van der Waals surface area contributed by atoms with Crippen LogP contribution in [-0.2, 0) is 0 Å². The highest BCUT2D eigenvalue weighted by Gasteiger charge is 2.75. The van der Waals surface area contributed by atoms with Gasteiger partial charge in [0.05, 0.1) is 6.10 Å². The van der Waals surface area contributed by atoms with E-state index in [2.05, 4.69) is 0 Å². The van der Waals surface area contributed by atoms with Crippen LogP contribution in [0.2, 0.25) is 0 Å². The average Bonchev–Trinajstić information content (AvgIpc) is 2.27. The Morgan fingerprint density at radius 2 is 1.40 bits per heavy atom. The molecule has 0 radical (unpaired) electrons. The van der Waals surface area contributed by atoms with Gasteiger partial charge in [-0.1, -0.05) is 26.2 Å². The van der Waals surface area contributed by atoms with Gasteiger partial charge in [0.15, 0.2) is 0 Å². The van der Waals surface area contributed by atoms with Gasteiger partial charge in [0, 0.05) is 6.42 Å². The third-order valence-corrected chi connectivity index (χ3v) is 2.83. The molecule has 0 aliphatic rings. The third-order valence-electron chi connectivity index (χ3n) is 2.83. The van der Waals surface area contributed by atoms with Gasteiger partial charge in [-0.25, -0.2) is 0 Å². The second kappa shape index (κ2) is 6.93. The monoisotopic (exact) mass is 314 g/mol. The molecule has 0 heterocycles. The van der Waals surface area contributed by atoms with E-state index in [4.69, 9.17) is 5.11 Å². The fourth-order valence-corrected chi connectivity index (χ4v) is 1.55. The van der Waals surface area contributed by atoms with Crippen molar-refractivity contribution in [3.63, 3.8) is 0 Å². The van der Waals surface area contributed by atoms with E-state index in [1.807, 2.05) is 6.92 Å². The summed E-state index contributed by atoms with van der Waals surface area (Å²) in [7, 11) is 0. The number of hydrogen-bond acceptors (Lipinski definition) is 2. The van der Waals surface area contributed by atoms with Crippen molar-refractivity contribution in [2.24, 2.45) is 0 Å². The molecule has 0 aliphatic heterocycles. The van der Waals surface area contributed by atoms with Crippen LogP contribution in [0.3, 0.4) is 0 Å². The molecule has 122 valence electrons. The summed E-state index contributed by atoms with van der Waals surface area (Å²) < 4.78 is 86.8. The molecule has 9 heteroatoms. The second-order valence-corrected chi connectivity index (χ2v) is 4.60. The molecule has 0 amide bonds. The first kappa shape index (κ1) is 19.4. The van der Waals surface area contributed by atoms with Gasteiger partial charge >= 0.3 is 18.0 Å². The molecule has 2 nitrogen and oxygen atoms in total. The van der Waals surface area contributed by atoms with Crippen molar-refractivity contribution in [1.29, 1.82) is 0 Å². The third kappa shape index (κ3) is 4.47. The highest BCUT2D eigenvalue weighted by molar-refractivity contribution is 4.96. The number of alkyl halides is 7. The van der Waals surface area contributed by atoms with Crippen LogP contribution < -0.4 is 0 Å². The maximum Gasteiger partial charge on any atom is 0.459 e. The quantitative estimate of drug-likeness (QED) is 0.532. The minimum Gasteiger partial charge on any atom is -0.393 e. The van der Waals surface area contributed by atoms with Gasteiger partial charge in [0.1, 0.15) is 6.10 Å². The van der Waals surface area contributed by atoms with E-state index < -0.39 is 36.7 Å². The Hall–Kier alpha value is -0.570. The Morgan fingerprint density at radius 1 is 0.900 bits per heavy atom. The lowest BCUT2D eigenvalue weighted by atomic mass is 9.97. The summed E-state index contributed by atoms with van der Waals surface area (Å²) in [6, 6.07) is 0. The van der Waals surface area contributed by atoms with Gasteiger partial charge in [-0.15, -0.1) is 0 Å². The predicted molar refractivity (Wildman–Crippen MR) is 56.7 cm³/mol. The maximum absolute atomic E-state index is 13.0. The summed E-state index contributed by atoms with van der Waals surface area (Å²) in [5, 5.41) is 18.2. The Balaban J connectivity index is 4.70. The second-order valence-electron chi connectivity index (χ2n) is 4.60. The fourth-order valence-electron chi connectivity index (χ4n) is 1.55. The molecule has 0 aromatic carbocycles. The van der Waals surface area contributed by atoms with Crippen LogP contribution in [0.25, 0.3) is 0 Å². The standard InChI is InChI=1S/C11H17F7O2/c1-2-3-4-5-7(19)6-8(20)9(12,13)10(14,15)11(16,17)18/h7-8,19-20H,2-6H2,1H3. The molecular weight excluding hydrogens is 297 g/mol. The van der Waals surface area contributed by atoms with E-state index in [1.165, 1.54) is 0 Å². The zero-order valence-electron chi connectivity index (χ0n) is 10.7. The Labute approximate surface area is 111 Å². The molecule has 2 atom stereocenters. The molecule has 20 heavy (non-hydrogen) atoms. The van der Waals surface area contributed by atoms with E-state index in [9.17, 15) is 35.8 Å². The summed E-state index contributed by atoms with van der Waals surface area (Å²) in [5.74, 6) is -12.1. The van der Waals surface area contributed by atoms with Crippen LogP contribution in [0.15, 0.2) is 0 Å². The van der Waals surface area contributed by atoms with Crippen LogP contribution in [-0.4, -0.2) is 40.4 Å². The molecule has 0 saturated carbocycles.